The quantitative estimate of drug-likeness (QED) is 0.778. The first kappa shape index (κ1) is 12.3. The van der Waals surface area contributed by atoms with Crippen LogP contribution in [0.25, 0.3) is 0 Å². The molecule has 92 valence electrons. The van der Waals surface area contributed by atoms with Crippen molar-refractivity contribution >= 4 is 0 Å². The van der Waals surface area contributed by atoms with E-state index in [1.165, 1.54) is 12.1 Å². The highest BCUT2D eigenvalue weighted by Gasteiger charge is 2.32. The van der Waals surface area contributed by atoms with E-state index >= 15 is 0 Å². The molecule has 0 spiro atoms. The van der Waals surface area contributed by atoms with Crippen LogP contribution in [0.15, 0.2) is 36.4 Å². The smallest absolute Gasteiger partial charge is 0.123 e. The monoisotopic (exact) mass is 234 g/mol. The Morgan fingerprint density at radius 1 is 1.06 bits per heavy atom. The van der Waals surface area contributed by atoms with Crippen molar-refractivity contribution in [1.29, 1.82) is 0 Å². The molecule has 0 amide bonds. The molecule has 4 atom stereocenters. The van der Waals surface area contributed by atoms with Gasteiger partial charge in [0.25, 0.3) is 0 Å². The number of benzene rings is 1. The van der Waals surface area contributed by atoms with Crippen molar-refractivity contribution in [1.82, 2.24) is 0 Å². The molecule has 1 aliphatic rings. The second-order valence-electron chi connectivity index (χ2n) is 5.03. The lowest BCUT2D eigenvalue weighted by Crippen LogP contribution is -2.30. The maximum Gasteiger partial charge on any atom is 0.123 e. The van der Waals surface area contributed by atoms with Crippen LogP contribution >= 0.6 is 0 Å². The summed E-state index contributed by atoms with van der Waals surface area (Å²) in [7, 11) is 0. The summed E-state index contributed by atoms with van der Waals surface area (Å²) in [5, 5.41) is 9.56. The molecule has 0 radical (unpaired) electrons. The topological polar surface area (TPSA) is 20.2 Å². The number of rotatable bonds is 2. The van der Waals surface area contributed by atoms with Crippen LogP contribution < -0.4 is 0 Å². The highest BCUT2D eigenvalue weighted by Crippen LogP contribution is 2.40. The highest BCUT2D eigenvalue weighted by molar-refractivity contribution is 5.25. The molecule has 2 rings (SSSR count). The van der Waals surface area contributed by atoms with E-state index in [1.54, 1.807) is 0 Å². The zero-order chi connectivity index (χ0) is 12.4. The standard InChI is InChI=1S/C15H19FO/c1-10-3-4-11(2)15(14(10)9-17)12-5-7-13(16)8-6-12/h3-8,10-11,14-15,17H,9H2,1-2H3/t10-,11+,14-,15+/m1/s1. The van der Waals surface area contributed by atoms with Crippen LogP contribution in [0, 0.1) is 23.6 Å². The van der Waals surface area contributed by atoms with Gasteiger partial charge in [-0.2, -0.15) is 0 Å². The summed E-state index contributed by atoms with van der Waals surface area (Å²) in [5.41, 5.74) is 1.12. The Bertz CT molecular complexity index is 396. The maximum absolute atomic E-state index is 12.9. The van der Waals surface area contributed by atoms with Gasteiger partial charge in [-0.05, 0) is 41.4 Å². The van der Waals surface area contributed by atoms with E-state index in [0.717, 1.165) is 5.56 Å². The molecule has 0 heterocycles. The van der Waals surface area contributed by atoms with Gasteiger partial charge in [0.05, 0.1) is 0 Å². The SMILES string of the molecule is C[C@@H]1C=C[C@H](C)[C@@H](c2ccc(F)cc2)[C@@H]1CO. The molecule has 1 aromatic rings. The molecule has 0 fully saturated rings. The van der Waals surface area contributed by atoms with Gasteiger partial charge in [-0.1, -0.05) is 38.1 Å². The third kappa shape index (κ3) is 2.42. The largest absolute Gasteiger partial charge is 0.396 e. The molecule has 0 aromatic heterocycles. The number of aliphatic hydroxyl groups excluding tert-OH is 1. The van der Waals surface area contributed by atoms with Crippen LogP contribution in [0.4, 0.5) is 4.39 Å². The molecule has 1 aliphatic carbocycles. The summed E-state index contributed by atoms with van der Waals surface area (Å²) in [4.78, 5) is 0. The number of hydrogen-bond donors (Lipinski definition) is 1. The Morgan fingerprint density at radius 3 is 2.24 bits per heavy atom. The first-order valence-electron chi connectivity index (χ1n) is 6.18. The number of halogens is 1. The Balaban J connectivity index is 2.34. The summed E-state index contributed by atoms with van der Waals surface area (Å²) in [6, 6.07) is 6.68. The van der Waals surface area contributed by atoms with E-state index in [9.17, 15) is 9.50 Å². The van der Waals surface area contributed by atoms with Crippen LogP contribution in [-0.2, 0) is 0 Å². The molecule has 0 unspecified atom stereocenters. The van der Waals surface area contributed by atoms with Gasteiger partial charge >= 0.3 is 0 Å². The lowest BCUT2D eigenvalue weighted by Gasteiger charge is -2.36. The van der Waals surface area contributed by atoms with Crippen molar-refractivity contribution in [3.05, 3.63) is 47.8 Å². The zero-order valence-electron chi connectivity index (χ0n) is 10.3. The van der Waals surface area contributed by atoms with Crippen molar-refractivity contribution in [2.24, 2.45) is 17.8 Å². The lowest BCUT2D eigenvalue weighted by atomic mass is 9.69. The molecule has 0 bridgehead atoms. The zero-order valence-corrected chi connectivity index (χ0v) is 10.3. The summed E-state index contributed by atoms with van der Waals surface area (Å²) in [5.74, 6) is 1.04. The predicted octanol–water partition coefficient (Wildman–Crippen LogP) is 3.36. The molecule has 17 heavy (non-hydrogen) atoms. The molecule has 0 aliphatic heterocycles. The average Bonchev–Trinajstić information content (AvgIpc) is 2.33. The van der Waals surface area contributed by atoms with Gasteiger partial charge < -0.3 is 5.11 Å². The lowest BCUT2D eigenvalue weighted by molar-refractivity contribution is 0.153. The summed E-state index contributed by atoms with van der Waals surface area (Å²) < 4.78 is 12.9. The Labute approximate surface area is 102 Å². The first-order valence-corrected chi connectivity index (χ1v) is 6.18. The minimum atomic E-state index is -0.207. The van der Waals surface area contributed by atoms with E-state index in [-0.39, 0.29) is 24.3 Å². The minimum Gasteiger partial charge on any atom is -0.396 e. The molecular formula is C15H19FO. The summed E-state index contributed by atoms with van der Waals surface area (Å²) in [6.07, 6.45) is 4.37. The number of aliphatic hydroxyl groups is 1. The van der Waals surface area contributed by atoms with Crippen LogP contribution in [0.5, 0.6) is 0 Å². The van der Waals surface area contributed by atoms with Gasteiger partial charge in [0.2, 0.25) is 0 Å². The van der Waals surface area contributed by atoms with Crippen LogP contribution in [0.3, 0.4) is 0 Å². The van der Waals surface area contributed by atoms with E-state index in [0.29, 0.717) is 11.8 Å². The van der Waals surface area contributed by atoms with Crippen molar-refractivity contribution in [2.45, 2.75) is 19.8 Å². The fourth-order valence-electron chi connectivity index (χ4n) is 2.85. The third-order valence-electron chi connectivity index (χ3n) is 3.89. The van der Waals surface area contributed by atoms with Gasteiger partial charge in [-0.25, -0.2) is 4.39 Å². The average molecular weight is 234 g/mol. The highest BCUT2D eigenvalue weighted by atomic mass is 19.1. The second kappa shape index (κ2) is 5.01. The van der Waals surface area contributed by atoms with E-state index in [2.05, 4.69) is 26.0 Å². The van der Waals surface area contributed by atoms with Gasteiger partial charge in [-0.3, -0.25) is 0 Å². The van der Waals surface area contributed by atoms with Crippen molar-refractivity contribution in [2.75, 3.05) is 6.61 Å². The molecule has 1 aromatic carbocycles. The Morgan fingerprint density at radius 2 is 1.65 bits per heavy atom. The molecule has 2 heteroatoms. The molecule has 0 saturated carbocycles. The fraction of sp³-hybridized carbons (Fsp3) is 0.467. The summed E-state index contributed by atoms with van der Waals surface area (Å²) >= 11 is 0. The van der Waals surface area contributed by atoms with Gasteiger partial charge in [-0.15, -0.1) is 0 Å². The summed E-state index contributed by atoms with van der Waals surface area (Å²) in [6.45, 7) is 4.46. The Hall–Kier alpha value is -1.15. The van der Waals surface area contributed by atoms with Crippen LogP contribution in [0.2, 0.25) is 0 Å². The first-order chi connectivity index (χ1) is 8.13. The Kier molecular flexibility index (Phi) is 3.63. The van der Waals surface area contributed by atoms with E-state index < -0.39 is 0 Å². The number of hydrogen-bond acceptors (Lipinski definition) is 1. The third-order valence-corrected chi connectivity index (χ3v) is 3.89. The van der Waals surface area contributed by atoms with Crippen LogP contribution in [0.1, 0.15) is 25.3 Å². The predicted molar refractivity (Wildman–Crippen MR) is 67.2 cm³/mol. The number of allylic oxidation sites excluding steroid dienone is 2. The normalized spacial score (nSPS) is 32.7. The van der Waals surface area contributed by atoms with Crippen molar-refractivity contribution < 1.29 is 9.50 Å². The molecule has 0 saturated heterocycles. The minimum absolute atomic E-state index is 0.178. The van der Waals surface area contributed by atoms with Crippen molar-refractivity contribution in [3.8, 4) is 0 Å². The van der Waals surface area contributed by atoms with Crippen LogP contribution in [-0.4, -0.2) is 11.7 Å². The second-order valence-corrected chi connectivity index (χ2v) is 5.03. The molecule has 1 N–H and O–H groups in total. The van der Waals surface area contributed by atoms with E-state index in [4.69, 9.17) is 0 Å². The van der Waals surface area contributed by atoms with Gasteiger partial charge in [0, 0.05) is 6.61 Å². The van der Waals surface area contributed by atoms with Gasteiger partial charge in [0.15, 0.2) is 0 Å². The molecule has 1 nitrogen and oxygen atoms in total. The molecular weight excluding hydrogens is 215 g/mol. The van der Waals surface area contributed by atoms with Gasteiger partial charge in [0.1, 0.15) is 5.82 Å². The maximum atomic E-state index is 12.9. The van der Waals surface area contributed by atoms with E-state index in [1.807, 2.05) is 12.1 Å². The van der Waals surface area contributed by atoms with Crippen molar-refractivity contribution in [3.63, 3.8) is 0 Å². The fourth-order valence-corrected chi connectivity index (χ4v) is 2.85.